The molecular weight excluding hydrogens is 388 g/mol. The number of halogens is 1. The highest BCUT2D eigenvalue weighted by Gasteiger charge is 2.35. The average molecular weight is 417 g/mol. The van der Waals surface area contributed by atoms with Crippen molar-refractivity contribution < 1.29 is 4.79 Å². The van der Waals surface area contributed by atoms with E-state index < -0.39 is 0 Å². The van der Waals surface area contributed by atoms with Crippen LogP contribution in [0.4, 0.5) is 0 Å². The van der Waals surface area contributed by atoms with Gasteiger partial charge in [-0.1, -0.05) is 84.9 Å². The Morgan fingerprint density at radius 1 is 0.800 bits per heavy atom. The van der Waals surface area contributed by atoms with Crippen molar-refractivity contribution >= 4 is 17.4 Å². The van der Waals surface area contributed by atoms with Crippen molar-refractivity contribution in [1.29, 1.82) is 0 Å². The van der Waals surface area contributed by atoms with Crippen LogP contribution in [-0.4, -0.2) is 11.2 Å². The molecule has 3 atom stereocenters. The summed E-state index contributed by atoms with van der Waals surface area (Å²) in [6.07, 6.45) is 6.11. The minimum absolute atomic E-state index is 0.175. The first-order valence-electron chi connectivity index (χ1n) is 11.1. The number of aryl methyl sites for hydroxylation is 1. The largest absolute Gasteiger partial charge is 0.294 e. The number of Topliss-reactive ketones (excluding diaryl/α,β-unsaturated/α-hetero) is 1. The molecule has 4 rings (SSSR count). The van der Waals surface area contributed by atoms with Crippen LogP contribution in [0, 0.1) is 5.92 Å². The molecule has 1 saturated carbocycles. The van der Waals surface area contributed by atoms with E-state index in [4.69, 9.17) is 11.6 Å². The van der Waals surface area contributed by atoms with Crippen LogP contribution >= 0.6 is 11.6 Å². The number of ketones is 1. The van der Waals surface area contributed by atoms with Gasteiger partial charge in [-0.15, -0.1) is 11.6 Å². The van der Waals surface area contributed by atoms with Gasteiger partial charge in [-0.3, -0.25) is 4.79 Å². The minimum Gasteiger partial charge on any atom is -0.294 e. The zero-order chi connectivity index (χ0) is 20.8. The topological polar surface area (TPSA) is 17.1 Å². The van der Waals surface area contributed by atoms with E-state index in [1.165, 1.54) is 17.5 Å². The van der Waals surface area contributed by atoms with Crippen LogP contribution in [0.2, 0.25) is 0 Å². The number of carbonyl (C=O) groups is 1. The first-order valence-corrected chi connectivity index (χ1v) is 11.5. The van der Waals surface area contributed by atoms with E-state index in [9.17, 15) is 4.79 Å². The molecular formula is C28H29ClO. The number of carbonyl (C=O) groups excluding carboxylic acids is 1. The molecule has 154 valence electrons. The summed E-state index contributed by atoms with van der Waals surface area (Å²) in [6, 6.07) is 29.0. The van der Waals surface area contributed by atoms with Gasteiger partial charge in [0.25, 0.3) is 0 Å². The lowest BCUT2D eigenvalue weighted by Gasteiger charge is -2.22. The molecule has 1 aliphatic carbocycles. The second-order valence-corrected chi connectivity index (χ2v) is 9.01. The summed E-state index contributed by atoms with van der Waals surface area (Å²) < 4.78 is 0. The number of hydrogen-bond acceptors (Lipinski definition) is 1. The molecule has 3 unspecified atom stereocenters. The highest BCUT2D eigenvalue weighted by atomic mass is 35.5. The van der Waals surface area contributed by atoms with Gasteiger partial charge >= 0.3 is 0 Å². The van der Waals surface area contributed by atoms with Gasteiger partial charge < -0.3 is 0 Å². The predicted molar refractivity (Wildman–Crippen MR) is 125 cm³/mol. The maximum Gasteiger partial charge on any atom is 0.167 e. The fourth-order valence-corrected chi connectivity index (χ4v) is 5.23. The van der Waals surface area contributed by atoms with Crippen LogP contribution in [0.1, 0.15) is 58.6 Å². The van der Waals surface area contributed by atoms with Crippen molar-refractivity contribution in [3.8, 4) is 0 Å². The van der Waals surface area contributed by atoms with Gasteiger partial charge in [0.1, 0.15) is 0 Å². The highest BCUT2D eigenvalue weighted by Crippen LogP contribution is 2.45. The Hall–Kier alpha value is -2.38. The molecule has 0 radical (unpaired) electrons. The van der Waals surface area contributed by atoms with Crippen LogP contribution in [0.5, 0.6) is 0 Å². The van der Waals surface area contributed by atoms with Crippen molar-refractivity contribution in [2.75, 3.05) is 0 Å². The molecule has 3 aromatic rings. The van der Waals surface area contributed by atoms with Gasteiger partial charge in [0.2, 0.25) is 0 Å². The zero-order valence-corrected chi connectivity index (χ0v) is 18.1. The first-order chi connectivity index (χ1) is 14.7. The van der Waals surface area contributed by atoms with Crippen LogP contribution in [0.3, 0.4) is 0 Å². The van der Waals surface area contributed by atoms with Crippen LogP contribution in [0.15, 0.2) is 84.9 Å². The Morgan fingerprint density at radius 3 is 2.10 bits per heavy atom. The van der Waals surface area contributed by atoms with Crippen LogP contribution < -0.4 is 0 Å². The summed E-state index contributed by atoms with van der Waals surface area (Å²) in [6.45, 7) is 0. The minimum atomic E-state index is 0.175. The molecule has 1 nitrogen and oxygen atoms in total. The standard InChI is InChI=1S/C28H29ClO/c29-27-19-18-25(26(27)13-7-12-21-8-3-1-4-9-21)23-14-16-24(17-15-23)28(30)20-22-10-5-2-6-11-22/h1-6,8-11,14-17,25-27H,7,12-13,18-20H2. The van der Waals surface area contributed by atoms with Gasteiger partial charge in [0.05, 0.1) is 0 Å². The highest BCUT2D eigenvalue weighted by molar-refractivity contribution is 6.21. The van der Waals surface area contributed by atoms with E-state index in [2.05, 4.69) is 42.5 Å². The molecule has 0 heterocycles. The third kappa shape index (κ3) is 5.21. The zero-order valence-electron chi connectivity index (χ0n) is 17.3. The lowest BCUT2D eigenvalue weighted by Crippen LogP contribution is -2.14. The van der Waals surface area contributed by atoms with Gasteiger partial charge in [-0.05, 0) is 60.6 Å². The third-order valence-electron chi connectivity index (χ3n) is 6.45. The van der Waals surface area contributed by atoms with Crippen molar-refractivity contribution in [2.24, 2.45) is 5.92 Å². The van der Waals surface area contributed by atoms with Gasteiger partial charge in [0, 0.05) is 17.4 Å². The number of hydrogen-bond donors (Lipinski definition) is 0. The average Bonchev–Trinajstić information content (AvgIpc) is 3.16. The van der Waals surface area contributed by atoms with E-state index in [0.717, 1.165) is 36.8 Å². The fraction of sp³-hybridized carbons (Fsp3) is 0.321. The lowest BCUT2D eigenvalue weighted by molar-refractivity contribution is 0.0993. The summed E-state index contributed by atoms with van der Waals surface area (Å²) in [7, 11) is 0. The second kappa shape index (κ2) is 10.1. The molecule has 0 saturated heterocycles. The maximum atomic E-state index is 12.6. The monoisotopic (exact) mass is 416 g/mol. The van der Waals surface area contributed by atoms with Gasteiger partial charge in [-0.2, -0.15) is 0 Å². The van der Waals surface area contributed by atoms with Crippen LogP contribution in [0.25, 0.3) is 0 Å². The Kier molecular flexibility index (Phi) is 7.02. The quantitative estimate of drug-likeness (QED) is 0.279. The molecule has 0 spiro atoms. The Bertz CT molecular complexity index is 933. The lowest BCUT2D eigenvalue weighted by atomic mass is 9.84. The van der Waals surface area contributed by atoms with E-state index >= 15 is 0 Å². The molecule has 30 heavy (non-hydrogen) atoms. The van der Waals surface area contributed by atoms with E-state index in [0.29, 0.717) is 18.3 Å². The first kappa shape index (κ1) is 20.9. The van der Waals surface area contributed by atoms with E-state index in [-0.39, 0.29) is 11.2 Å². The van der Waals surface area contributed by atoms with E-state index in [1.807, 2.05) is 42.5 Å². The van der Waals surface area contributed by atoms with Crippen LogP contribution in [-0.2, 0) is 12.8 Å². The van der Waals surface area contributed by atoms with Crippen molar-refractivity contribution in [3.63, 3.8) is 0 Å². The Labute approximate surface area is 185 Å². The summed E-state index contributed by atoms with van der Waals surface area (Å²) >= 11 is 6.72. The summed E-state index contributed by atoms with van der Waals surface area (Å²) in [5.41, 5.74) is 4.59. The third-order valence-corrected chi connectivity index (χ3v) is 6.99. The fourth-order valence-electron chi connectivity index (χ4n) is 4.80. The predicted octanol–water partition coefficient (Wildman–Crippen LogP) is 7.24. The Balaban J connectivity index is 1.37. The molecule has 1 fully saturated rings. The molecule has 2 heteroatoms. The van der Waals surface area contributed by atoms with Gasteiger partial charge in [-0.25, -0.2) is 0 Å². The number of rotatable bonds is 8. The SMILES string of the molecule is O=C(Cc1ccccc1)c1ccc(C2CCC(Cl)C2CCCc2ccccc2)cc1. The number of alkyl halides is 1. The molecule has 3 aromatic carbocycles. The Morgan fingerprint density at radius 2 is 1.43 bits per heavy atom. The number of benzene rings is 3. The second-order valence-electron chi connectivity index (χ2n) is 8.45. The smallest absolute Gasteiger partial charge is 0.167 e. The van der Waals surface area contributed by atoms with E-state index in [1.54, 1.807) is 0 Å². The molecule has 0 N–H and O–H groups in total. The summed E-state index contributed by atoms with van der Waals surface area (Å²) in [5.74, 6) is 1.19. The maximum absolute atomic E-state index is 12.6. The van der Waals surface area contributed by atoms with Gasteiger partial charge in [0.15, 0.2) is 5.78 Å². The van der Waals surface area contributed by atoms with Crippen molar-refractivity contribution in [1.82, 2.24) is 0 Å². The molecule has 0 aromatic heterocycles. The molecule has 0 aliphatic heterocycles. The normalized spacial score (nSPS) is 20.9. The van der Waals surface area contributed by atoms with Crippen molar-refractivity contribution in [3.05, 3.63) is 107 Å². The summed E-state index contributed by atoms with van der Waals surface area (Å²) in [5, 5.41) is 0.255. The van der Waals surface area contributed by atoms with Crippen molar-refractivity contribution in [2.45, 2.75) is 49.8 Å². The molecule has 0 amide bonds. The summed E-state index contributed by atoms with van der Waals surface area (Å²) in [4.78, 5) is 12.6. The molecule has 0 bridgehead atoms. The molecule has 1 aliphatic rings.